The normalized spacial score (nSPS) is 22.1. The molecule has 1 aliphatic heterocycles. The number of hydrogen-bond donors (Lipinski definition) is 10. The Labute approximate surface area is 329 Å². The van der Waals surface area contributed by atoms with Crippen molar-refractivity contribution in [3.05, 3.63) is 12.7 Å². The van der Waals surface area contributed by atoms with Crippen molar-refractivity contribution >= 4 is 69.1 Å². The Morgan fingerprint density at radius 3 is 2.37 bits per heavy atom. The molecule has 25 nitrogen and oxygen atoms in total. The molecule has 1 saturated heterocycles. The molecule has 1 fully saturated rings. The summed E-state index contributed by atoms with van der Waals surface area (Å²) in [4.78, 5) is 87.5. The van der Waals surface area contributed by atoms with E-state index < -0.39 is 90.7 Å². The molecule has 2 aromatic rings. The number of aromatic nitrogens is 4. The zero-order chi connectivity index (χ0) is 42.8. The molecule has 0 aliphatic carbocycles. The number of fused-ring (bicyclic) bond motifs is 1. The van der Waals surface area contributed by atoms with Crippen LogP contribution in [0, 0.1) is 5.41 Å². The van der Waals surface area contributed by atoms with E-state index >= 15 is 0 Å². The summed E-state index contributed by atoms with van der Waals surface area (Å²) in [6.07, 6.45) is -5.02. The number of thioether (sulfide) groups is 1. The van der Waals surface area contributed by atoms with Crippen LogP contribution in [-0.4, -0.2) is 134 Å². The maximum absolute atomic E-state index is 12.7. The van der Waals surface area contributed by atoms with Crippen molar-refractivity contribution in [1.82, 2.24) is 30.2 Å². The van der Waals surface area contributed by atoms with Crippen molar-refractivity contribution < 1.29 is 85.6 Å². The first kappa shape index (κ1) is 48.9. The monoisotopic (exact) mass is 895 g/mol. The van der Waals surface area contributed by atoms with E-state index in [-0.39, 0.29) is 41.6 Å². The number of unbranched alkanes of at least 4 members (excludes halogenated alkanes) is 1. The fourth-order valence-corrected chi connectivity index (χ4v) is 8.63. The molecule has 57 heavy (non-hydrogen) atoms. The van der Waals surface area contributed by atoms with Gasteiger partial charge in [0, 0.05) is 37.1 Å². The van der Waals surface area contributed by atoms with Gasteiger partial charge in [0.2, 0.25) is 11.8 Å². The quantitative estimate of drug-likeness (QED) is 0.0473. The molecule has 1 aliphatic rings. The summed E-state index contributed by atoms with van der Waals surface area (Å²) in [5.74, 6) is -1.14. The standard InChI is InChI=1S/C28H48N7O18P3S/c1-16(36)6-4-5-7-19(38)57-11-10-30-18(37)8-9-31-26(41)23(40)28(2,3)13-50-56(47,48)53-55(45,46)49-12-17-22(52-54(42,43)44)21(39)27(51-17)35-15-34-20-24(29)32-14-33-25(20)35/h14-17,21-23,27,36,39-40H,4-13H2,1-3H3,(H,30,37)(H,31,41)(H,45,46)(H,47,48)(H2,29,32,33)(H2,42,43,44)/t16?,17-,21-,22-,23+,27-/m1/s1. The van der Waals surface area contributed by atoms with Gasteiger partial charge in [-0.2, -0.15) is 4.31 Å². The number of rotatable bonds is 24. The van der Waals surface area contributed by atoms with E-state index in [1.54, 1.807) is 6.92 Å². The molecule has 0 radical (unpaired) electrons. The largest absolute Gasteiger partial charge is 0.481 e. The fraction of sp³-hybridized carbons (Fsp3) is 0.714. The first-order chi connectivity index (χ1) is 26.4. The van der Waals surface area contributed by atoms with Crippen molar-refractivity contribution in [2.75, 3.05) is 37.8 Å². The Morgan fingerprint density at radius 1 is 1.02 bits per heavy atom. The second-order valence-corrected chi connectivity index (χ2v) is 18.8. The van der Waals surface area contributed by atoms with Gasteiger partial charge in [-0.15, -0.1) is 0 Å². The smallest absolute Gasteiger partial charge is 0.393 e. The third-order valence-electron chi connectivity index (χ3n) is 8.02. The average molecular weight is 896 g/mol. The number of nitrogens with two attached hydrogens (primary N) is 1. The predicted molar refractivity (Wildman–Crippen MR) is 197 cm³/mol. The van der Waals surface area contributed by atoms with E-state index in [9.17, 15) is 63.0 Å². The predicted octanol–water partition coefficient (Wildman–Crippen LogP) is -0.394. The molecule has 0 aromatic carbocycles. The first-order valence-electron chi connectivity index (χ1n) is 17.1. The van der Waals surface area contributed by atoms with Crippen LogP contribution in [0.15, 0.2) is 12.7 Å². The van der Waals surface area contributed by atoms with Gasteiger partial charge in [0.15, 0.2) is 22.8 Å². The number of phosphoric ester groups is 3. The number of nitrogens with zero attached hydrogens (tertiary/aromatic N) is 4. The highest BCUT2D eigenvalue weighted by Crippen LogP contribution is 2.61. The highest BCUT2D eigenvalue weighted by atomic mass is 32.2. The lowest BCUT2D eigenvalue weighted by molar-refractivity contribution is -0.137. The molecular formula is C28H48N7O18P3S. The zero-order valence-corrected chi connectivity index (χ0v) is 34.4. The number of phosphoric acid groups is 3. The van der Waals surface area contributed by atoms with Crippen LogP contribution in [0.25, 0.3) is 11.2 Å². The van der Waals surface area contributed by atoms with Crippen LogP contribution >= 0.6 is 35.2 Å². The lowest BCUT2D eigenvalue weighted by Crippen LogP contribution is -2.46. The Balaban J connectivity index is 1.45. The average Bonchev–Trinajstić information content (AvgIpc) is 3.66. The Bertz CT molecular complexity index is 1830. The molecule has 2 aromatic heterocycles. The van der Waals surface area contributed by atoms with Crippen LogP contribution in [0.2, 0.25) is 0 Å². The molecule has 3 heterocycles. The van der Waals surface area contributed by atoms with Gasteiger partial charge >= 0.3 is 23.5 Å². The van der Waals surface area contributed by atoms with E-state index in [0.717, 1.165) is 35.4 Å². The third-order valence-corrected chi connectivity index (χ3v) is 12.1. The van der Waals surface area contributed by atoms with E-state index in [1.165, 1.54) is 13.8 Å². The van der Waals surface area contributed by atoms with Gasteiger partial charge in [0.05, 0.1) is 25.6 Å². The number of carbonyl (C=O) groups excluding carboxylic acids is 3. The molecule has 3 rings (SSSR count). The van der Waals surface area contributed by atoms with Crippen LogP contribution in [0.1, 0.15) is 59.1 Å². The summed E-state index contributed by atoms with van der Waals surface area (Å²) in [6, 6.07) is 0. The van der Waals surface area contributed by atoms with Crippen molar-refractivity contribution in [3.8, 4) is 0 Å². The van der Waals surface area contributed by atoms with Crippen LogP contribution in [0.3, 0.4) is 0 Å². The first-order valence-corrected chi connectivity index (χ1v) is 22.6. The molecule has 324 valence electrons. The SMILES string of the molecule is CC(O)CCCCC(=O)SCCNC(=O)CCNC(=O)[C@H](O)C(C)(C)COP(=O)(O)OP(=O)(O)OC[C@H]1O[C@@H](n2cnc3c(N)ncnc32)[C@H](O)[C@@H]1OP(=O)(O)O. The minimum absolute atomic E-state index is 0.0277. The van der Waals surface area contributed by atoms with Crippen molar-refractivity contribution in [1.29, 1.82) is 0 Å². The molecule has 2 amide bonds. The second kappa shape index (κ2) is 21.2. The Kier molecular flexibility index (Phi) is 18.2. The fourth-order valence-electron chi connectivity index (χ4n) is 5.08. The summed E-state index contributed by atoms with van der Waals surface area (Å²) in [7, 11) is -16.4. The van der Waals surface area contributed by atoms with Gasteiger partial charge in [-0.1, -0.05) is 32.0 Å². The lowest BCUT2D eigenvalue weighted by atomic mass is 9.87. The number of amides is 2. The lowest BCUT2D eigenvalue weighted by Gasteiger charge is -2.30. The maximum Gasteiger partial charge on any atom is 0.481 e. The summed E-state index contributed by atoms with van der Waals surface area (Å²) in [5.41, 5.74) is 4.25. The molecule has 3 unspecified atom stereocenters. The molecule has 11 N–H and O–H groups in total. The van der Waals surface area contributed by atoms with E-state index in [1.807, 2.05) is 0 Å². The van der Waals surface area contributed by atoms with Crippen LogP contribution in [-0.2, 0) is 50.7 Å². The zero-order valence-electron chi connectivity index (χ0n) is 30.9. The van der Waals surface area contributed by atoms with Gasteiger partial charge in [0.1, 0.15) is 36.3 Å². The molecule has 0 spiro atoms. The number of aliphatic hydroxyl groups excluding tert-OH is 3. The van der Waals surface area contributed by atoms with Crippen LogP contribution < -0.4 is 16.4 Å². The molecule has 0 saturated carbocycles. The number of carbonyl (C=O) groups is 3. The Morgan fingerprint density at radius 2 is 1.70 bits per heavy atom. The van der Waals surface area contributed by atoms with Gasteiger partial charge < -0.3 is 56.0 Å². The minimum Gasteiger partial charge on any atom is -0.393 e. The number of aliphatic hydroxyl groups is 3. The van der Waals surface area contributed by atoms with Crippen molar-refractivity contribution in [3.63, 3.8) is 0 Å². The number of imidazole rings is 1. The van der Waals surface area contributed by atoms with Crippen molar-refractivity contribution in [2.45, 2.75) is 89.6 Å². The van der Waals surface area contributed by atoms with Crippen molar-refractivity contribution in [2.24, 2.45) is 5.41 Å². The summed E-state index contributed by atoms with van der Waals surface area (Å²) < 4.78 is 62.1. The summed E-state index contributed by atoms with van der Waals surface area (Å²) in [5, 5.41) is 35.6. The number of nitrogen functional groups attached to an aromatic ring is 1. The number of ether oxygens (including phenoxy) is 1. The number of nitrogens with one attached hydrogen (secondary N) is 2. The van der Waals surface area contributed by atoms with Gasteiger partial charge in [-0.25, -0.2) is 28.6 Å². The molecule has 29 heteroatoms. The van der Waals surface area contributed by atoms with E-state index in [2.05, 4.69) is 34.4 Å². The summed E-state index contributed by atoms with van der Waals surface area (Å²) >= 11 is 1.07. The minimum atomic E-state index is -5.57. The highest BCUT2D eigenvalue weighted by Gasteiger charge is 2.50. The van der Waals surface area contributed by atoms with Crippen LogP contribution in [0.5, 0.6) is 0 Å². The summed E-state index contributed by atoms with van der Waals surface area (Å²) in [6.45, 7) is 2.13. The van der Waals surface area contributed by atoms with Gasteiger partial charge in [-0.05, 0) is 19.8 Å². The van der Waals surface area contributed by atoms with Gasteiger partial charge in [0.25, 0.3) is 0 Å². The Hall–Kier alpha value is -2.48. The van der Waals surface area contributed by atoms with E-state index in [0.29, 0.717) is 25.0 Å². The van der Waals surface area contributed by atoms with Gasteiger partial charge in [-0.3, -0.25) is 32.5 Å². The topological polar surface area (TPSA) is 384 Å². The highest BCUT2D eigenvalue weighted by molar-refractivity contribution is 8.13. The number of anilines is 1. The molecule has 0 bridgehead atoms. The number of hydrogen-bond acceptors (Lipinski definition) is 19. The van der Waals surface area contributed by atoms with Crippen LogP contribution in [0.4, 0.5) is 5.82 Å². The molecular weight excluding hydrogens is 847 g/mol. The molecule has 8 atom stereocenters. The second-order valence-electron chi connectivity index (χ2n) is 13.4. The third kappa shape index (κ3) is 15.9. The van der Waals surface area contributed by atoms with E-state index in [4.69, 9.17) is 19.5 Å². The maximum atomic E-state index is 12.7.